The van der Waals surface area contributed by atoms with Crippen molar-refractivity contribution in [2.24, 2.45) is 29.1 Å². The summed E-state index contributed by atoms with van der Waals surface area (Å²) in [6.45, 7) is 0.321. The highest BCUT2D eigenvalue weighted by Crippen LogP contribution is 2.65. The minimum absolute atomic E-state index is 0.116. The number of rotatable bonds is 6. The van der Waals surface area contributed by atoms with Gasteiger partial charge in [0.2, 0.25) is 0 Å². The summed E-state index contributed by atoms with van der Waals surface area (Å²) in [7, 11) is 0. The number of hydrogen-bond donors (Lipinski definition) is 2. The molecule has 4 heteroatoms. The molecule has 2 N–H and O–H groups in total. The third-order valence-corrected chi connectivity index (χ3v) is 8.96. The van der Waals surface area contributed by atoms with Gasteiger partial charge in [-0.15, -0.1) is 0 Å². The van der Waals surface area contributed by atoms with Crippen molar-refractivity contribution in [2.75, 3.05) is 6.61 Å². The number of aliphatic hydroxyl groups excluding tert-OH is 2. The molecule has 0 radical (unpaired) electrons. The largest absolute Gasteiger partial charge is 0.396 e. The van der Waals surface area contributed by atoms with Gasteiger partial charge in [-0.2, -0.15) is 0 Å². The van der Waals surface area contributed by atoms with Gasteiger partial charge >= 0.3 is 0 Å². The maximum atomic E-state index is 11.7. The van der Waals surface area contributed by atoms with Crippen LogP contribution < -0.4 is 0 Å². The third-order valence-electron chi connectivity index (χ3n) is 8.96. The van der Waals surface area contributed by atoms with Crippen LogP contribution in [0.15, 0.2) is 36.8 Å². The minimum atomic E-state index is -0.249. The molecule has 4 saturated carbocycles. The Kier molecular flexibility index (Phi) is 4.18. The van der Waals surface area contributed by atoms with Crippen molar-refractivity contribution in [3.8, 4) is 11.3 Å². The second-order valence-electron chi connectivity index (χ2n) is 10.4. The zero-order valence-electron chi connectivity index (χ0n) is 17.1. The summed E-state index contributed by atoms with van der Waals surface area (Å²) in [4.78, 5) is 4.39. The van der Waals surface area contributed by atoms with Crippen LogP contribution in [0.3, 0.4) is 0 Å². The maximum Gasteiger partial charge on any atom is 0.0956 e. The fourth-order valence-corrected chi connectivity index (χ4v) is 8.03. The van der Waals surface area contributed by atoms with Gasteiger partial charge in [0.1, 0.15) is 0 Å². The predicted molar refractivity (Wildman–Crippen MR) is 112 cm³/mol. The quantitative estimate of drug-likeness (QED) is 0.765. The molecule has 29 heavy (non-hydrogen) atoms. The number of aromatic nitrogens is 2. The molecule has 7 rings (SSSR count). The average Bonchev–Trinajstić information content (AvgIpc) is 3.30. The smallest absolute Gasteiger partial charge is 0.0956 e. The van der Waals surface area contributed by atoms with Crippen molar-refractivity contribution < 1.29 is 10.2 Å². The minimum Gasteiger partial charge on any atom is -0.396 e. The summed E-state index contributed by atoms with van der Waals surface area (Å²) in [5.41, 5.74) is 3.92. The highest BCUT2D eigenvalue weighted by atomic mass is 16.3. The van der Waals surface area contributed by atoms with Gasteiger partial charge in [0.15, 0.2) is 0 Å². The second-order valence-corrected chi connectivity index (χ2v) is 10.4. The lowest BCUT2D eigenvalue weighted by Gasteiger charge is -2.62. The van der Waals surface area contributed by atoms with Crippen LogP contribution in [0.25, 0.3) is 11.3 Å². The molecule has 4 nitrogen and oxygen atoms in total. The summed E-state index contributed by atoms with van der Waals surface area (Å²) in [5.74, 6) is 3.13. The predicted octanol–water partition coefficient (Wildman–Crippen LogP) is 4.42. The van der Waals surface area contributed by atoms with Crippen LogP contribution in [0.4, 0.5) is 0 Å². The van der Waals surface area contributed by atoms with Crippen molar-refractivity contribution in [3.63, 3.8) is 0 Å². The molecule has 2 aromatic rings. The van der Waals surface area contributed by atoms with Crippen molar-refractivity contribution >= 4 is 0 Å². The van der Waals surface area contributed by atoms with Crippen LogP contribution in [0.2, 0.25) is 0 Å². The van der Waals surface area contributed by atoms with E-state index in [-0.39, 0.29) is 17.6 Å². The van der Waals surface area contributed by atoms with E-state index in [1.165, 1.54) is 55.3 Å². The van der Waals surface area contributed by atoms with Gasteiger partial charge in [0.05, 0.1) is 30.4 Å². The normalized spacial score (nSPS) is 37.5. The van der Waals surface area contributed by atoms with E-state index >= 15 is 0 Å². The number of benzene rings is 1. The lowest BCUT2D eigenvalue weighted by molar-refractivity contribution is -0.152. The Morgan fingerprint density at radius 3 is 2.72 bits per heavy atom. The molecular weight excluding hydrogens is 360 g/mol. The van der Waals surface area contributed by atoms with Gasteiger partial charge in [-0.25, -0.2) is 4.98 Å². The van der Waals surface area contributed by atoms with Crippen molar-refractivity contribution in [1.29, 1.82) is 0 Å². The van der Waals surface area contributed by atoms with E-state index in [1.54, 1.807) is 0 Å². The molecule has 4 bridgehead atoms. The van der Waals surface area contributed by atoms with E-state index in [1.807, 2.05) is 12.5 Å². The van der Waals surface area contributed by atoms with Crippen LogP contribution in [0.1, 0.15) is 63.0 Å². The first-order valence-corrected chi connectivity index (χ1v) is 11.6. The Balaban J connectivity index is 1.26. The summed E-state index contributed by atoms with van der Waals surface area (Å²) in [5, 5.41) is 21.0. The van der Waals surface area contributed by atoms with Gasteiger partial charge < -0.3 is 14.8 Å². The topological polar surface area (TPSA) is 58.3 Å². The first-order chi connectivity index (χ1) is 14.2. The molecule has 1 aromatic heterocycles. The standard InChI is InChI=1S/C25H32N2O2/c28-7-3-6-19-17-8-16-9-18(19)13-25(11-16,12-17)24(29)10-22-20-4-1-2-5-21(20)23-14-26-15-27(22)23/h1-2,4-5,14-19,22,24,28-29H,3,6-13H2. The van der Waals surface area contributed by atoms with E-state index in [0.717, 1.165) is 36.5 Å². The number of nitrogens with zero attached hydrogens (tertiary/aromatic N) is 2. The molecule has 4 fully saturated rings. The lowest BCUT2D eigenvalue weighted by Crippen LogP contribution is -2.55. The molecule has 4 unspecified atom stereocenters. The van der Waals surface area contributed by atoms with Crippen LogP contribution in [0.5, 0.6) is 0 Å². The van der Waals surface area contributed by atoms with E-state index in [9.17, 15) is 10.2 Å². The molecule has 2 heterocycles. The van der Waals surface area contributed by atoms with Crippen LogP contribution in [-0.4, -0.2) is 32.5 Å². The monoisotopic (exact) mass is 392 g/mol. The zero-order chi connectivity index (χ0) is 19.6. The second kappa shape index (κ2) is 6.68. The molecule has 5 aliphatic rings. The number of aliphatic hydroxyl groups is 2. The molecule has 4 aliphatic carbocycles. The molecule has 4 atom stereocenters. The molecule has 0 amide bonds. The lowest BCUT2D eigenvalue weighted by atomic mass is 9.44. The molecule has 154 valence electrons. The molecule has 1 aromatic carbocycles. The summed E-state index contributed by atoms with van der Waals surface area (Å²) in [6, 6.07) is 8.84. The third kappa shape index (κ3) is 2.68. The fraction of sp³-hybridized carbons (Fsp3) is 0.640. The van der Waals surface area contributed by atoms with E-state index < -0.39 is 0 Å². The molecular formula is C25H32N2O2. The SMILES string of the molecule is OCCCC1C2CC3CC1CC(C(O)CC1c4ccccc4-c4cncn41)(C3)C2. The van der Waals surface area contributed by atoms with Gasteiger partial charge in [0, 0.05) is 12.2 Å². The van der Waals surface area contributed by atoms with Gasteiger partial charge in [-0.1, -0.05) is 24.3 Å². The van der Waals surface area contributed by atoms with Crippen molar-refractivity contribution in [2.45, 2.75) is 63.5 Å². The van der Waals surface area contributed by atoms with E-state index in [2.05, 4.69) is 33.8 Å². The van der Waals surface area contributed by atoms with Crippen molar-refractivity contribution in [1.82, 2.24) is 9.55 Å². The summed E-state index contributed by atoms with van der Waals surface area (Å²) in [6.07, 6.45) is 12.9. The summed E-state index contributed by atoms with van der Waals surface area (Å²) >= 11 is 0. The van der Waals surface area contributed by atoms with Crippen molar-refractivity contribution in [3.05, 3.63) is 42.4 Å². The highest BCUT2D eigenvalue weighted by molar-refractivity contribution is 5.68. The van der Waals surface area contributed by atoms with Gasteiger partial charge in [-0.05, 0) is 86.0 Å². The number of hydrogen-bond acceptors (Lipinski definition) is 3. The Bertz CT molecular complexity index is 890. The average molecular weight is 393 g/mol. The number of imidazole rings is 1. The first kappa shape index (κ1) is 18.1. The Morgan fingerprint density at radius 1 is 1.14 bits per heavy atom. The van der Waals surface area contributed by atoms with Crippen LogP contribution in [0, 0.1) is 29.1 Å². The zero-order valence-corrected chi connectivity index (χ0v) is 17.1. The van der Waals surface area contributed by atoms with E-state index in [0.29, 0.717) is 6.61 Å². The van der Waals surface area contributed by atoms with Crippen LogP contribution >= 0.6 is 0 Å². The van der Waals surface area contributed by atoms with Crippen LogP contribution in [-0.2, 0) is 0 Å². The Labute approximate surface area is 173 Å². The van der Waals surface area contributed by atoms with Gasteiger partial charge in [-0.3, -0.25) is 0 Å². The molecule has 0 spiro atoms. The molecule has 1 aliphatic heterocycles. The highest BCUT2D eigenvalue weighted by Gasteiger charge is 2.57. The first-order valence-electron chi connectivity index (χ1n) is 11.6. The number of fused-ring (bicyclic) bond motifs is 3. The summed E-state index contributed by atoms with van der Waals surface area (Å²) < 4.78 is 2.28. The van der Waals surface area contributed by atoms with Gasteiger partial charge in [0.25, 0.3) is 0 Å². The fourth-order valence-electron chi connectivity index (χ4n) is 8.03. The Hall–Kier alpha value is -1.65. The Morgan fingerprint density at radius 2 is 1.93 bits per heavy atom. The maximum absolute atomic E-state index is 11.7. The molecule has 0 saturated heterocycles. The van der Waals surface area contributed by atoms with E-state index in [4.69, 9.17) is 0 Å².